The lowest BCUT2D eigenvalue weighted by molar-refractivity contribution is -0.118. The van der Waals surface area contributed by atoms with E-state index in [1.54, 1.807) is 12.1 Å². The van der Waals surface area contributed by atoms with Crippen molar-refractivity contribution in [2.75, 3.05) is 11.9 Å². The van der Waals surface area contributed by atoms with Crippen LogP contribution in [0.5, 0.6) is 0 Å². The van der Waals surface area contributed by atoms with Gasteiger partial charge in [0.2, 0.25) is 5.91 Å². The van der Waals surface area contributed by atoms with E-state index in [-0.39, 0.29) is 11.8 Å². The molecule has 0 aliphatic carbocycles. The minimum atomic E-state index is -0.165. The highest BCUT2D eigenvalue weighted by molar-refractivity contribution is 7.15. The molecule has 1 aromatic carbocycles. The third-order valence-electron chi connectivity index (χ3n) is 3.25. The number of carbonyl (C=O) groups excluding carboxylic acids is 2. The lowest BCUT2D eigenvalue weighted by Gasteiger charge is -2.05. The summed E-state index contributed by atoms with van der Waals surface area (Å²) < 4.78 is 0. The molecular weight excluding hydrogens is 298 g/mol. The topological polar surface area (TPSA) is 71.1 Å². The van der Waals surface area contributed by atoms with Crippen molar-refractivity contribution >= 4 is 28.3 Å². The summed E-state index contributed by atoms with van der Waals surface area (Å²) in [6, 6.07) is 7.36. The summed E-state index contributed by atoms with van der Waals surface area (Å²) in [5.74, 6) is -0.202. The van der Waals surface area contributed by atoms with E-state index < -0.39 is 0 Å². The number of amides is 2. The van der Waals surface area contributed by atoms with Crippen LogP contribution in [-0.2, 0) is 11.2 Å². The molecule has 2 aromatic rings. The normalized spacial score (nSPS) is 10.3. The number of hydrogen-bond donors (Lipinski definition) is 2. The predicted octanol–water partition coefficient (Wildman–Crippen LogP) is 2.69. The Bertz CT molecular complexity index is 658. The van der Waals surface area contributed by atoms with Crippen molar-refractivity contribution < 1.29 is 9.59 Å². The molecule has 0 radical (unpaired) electrons. The van der Waals surface area contributed by atoms with E-state index in [4.69, 9.17) is 0 Å². The average molecular weight is 317 g/mol. The number of thiazole rings is 1. The van der Waals surface area contributed by atoms with Gasteiger partial charge < -0.3 is 5.32 Å². The van der Waals surface area contributed by atoms with E-state index in [1.165, 1.54) is 18.3 Å². The smallest absolute Gasteiger partial charge is 0.257 e. The zero-order chi connectivity index (χ0) is 16.1. The molecule has 1 aromatic heterocycles. The van der Waals surface area contributed by atoms with Gasteiger partial charge in [0.05, 0.1) is 5.69 Å². The molecule has 0 aliphatic rings. The standard InChI is InChI=1S/C16H19N3O2S/c1-10-11(2)22-16(18-10)19-15(21)14-6-4-13(5-7-14)8-9-17-12(3)20/h4-7H,8-9H2,1-3H3,(H,17,20)(H,18,19,21). The van der Waals surface area contributed by atoms with E-state index in [2.05, 4.69) is 15.6 Å². The first-order chi connectivity index (χ1) is 10.5. The molecule has 0 atom stereocenters. The van der Waals surface area contributed by atoms with E-state index >= 15 is 0 Å². The molecule has 0 saturated heterocycles. The van der Waals surface area contributed by atoms with Crippen LogP contribution in [0.25, 0.3) is 0 Å². The monoisotopic (exact) mass is 317 g/mol. The van der Waals surface area contributed by atoms with Crippen LogP contribution in [0.15, 0.2) is 24.3 Å². The first kappa shape index (κ1) is 16.2. The van der Waals surface area contributed by atoms with E-state index in [9.17, 15) is 9.59 Å². The maximum Gasteiger partial charge on any atom is 0.257 e. The van der Waals surface area contributed by atoms with Crippen LogP contribution in [0.2, 0.25) is 0 Å². The van der Waals surface area contributed by atoms with Crippen LogP contribution in [0.1, 0.15) is 33.4 Å². The highest BCUT2D eigenvalue weighted by Crippen LogP contribution is 2.21. The number of rotatable bonds is 5. The van der Waals surface area contributed by atoms with Gasteiger partial charge in [-0.15, -0.1) is 11.3 Å². The molecule has 2 rings (SSSR count). The molecule has 5 nitrogen and oxygen atoms in total. The predicted molar refractivity (Wildman–Crippen MR) is 88.4 cm³/mol. The van der Waals surface area contributed by atoms with Crippen LogP contribution < -0.4 is 10.6 Å². The number of benzene rings is 1. The van der Waals surface area contributed by atoms with Crippen LogP contribution in [-0.4, -0.2) is 23.3 Å². The summed E-state index contributed by atoms with van der Waals surface area (Å²) in [6.07, 6.45) is 0.742. The number of nitrogens with one attached hydrogen (secondary N) is 2. The molecule has 0 fully saturated rings. The molecule has 22 heavy (non-hydrogen) atoms. The second-order valence-electron chi connectivity index (χ2n) is 5.04. The highest BCUT2D eigenvalue weighted by Gasteiger charge is 2.10. The van der Waals surface area contributed by atoms with Gasteiger partial charge in [-0.3, -0.25) is 14.9 Å². The van der Waals surface area contributed by atoms with Gasteiger partial charge in [0.1, 0.15) is 0 Å². The van der Waals surface area contributed by atoms with Crippen LogP contribution in [0.3, 0.4) is 0 Å². The van der Waals surface area contributed by atoms with E-state index in [0.29, 0.717) is 17.2 Å². The van der Waals surface area contributed by atoms with E-state index in [1.807, 2.05) is 26.0 Å². The second kappa shape index (κ2) is 7.17. The lowest BCUT2D eigenvalue weighted by Crippen LogP contribution is -2.22. The molecule has 0 spiro atoms. The Morgan fingerprint density at radius 2 is 1.86 bits per heavy atom. The summed E-state index contributed by atoms with van der Waals surface area (Å²) in [5, 5.41) is 6.18. The molecule has 116 valence electrons. The fourth-order valence-corrected chi connectivity index (χ4v) is 2.71. The molecule has 0 bridgehead atoms. The summed E-state index contributed by atoms with van der Waals surface area (Å²) in [5.41, 5.74) is 2.61. The van der Waals surface area contributed by atoms with Gasteiger partial charge in [-0.1, -0.05) is 12.1 Å². The molecule has 2 N–H and O–H groups in total. The molecule has 0 saturated carbocycles. The Balaban J connectivity index is 1.94. The summed E-state index contributed by atoms with van der Waals surface area (Å²) in [6.45, 7) is 5.99. The van der Waals surface area contributed by atoms with Gasteiger partial charge in [-0.2, -0.15) is 0 Å². The quantitative estimate of drug-likeness (QED) is 0.890. The fourth-order valence-electron chi connectivity index (χ4n) is 1.90. The van der Waals surface area contributed by atoms with E-state index in [0.717, 1.165) is 22.6 Å². The SMILES string of the molecule is CC(=O)NCCc1ccc(C(=O)Nc2nc(C)c(C)s2)cc1. The van der Waals surface area contributed by atoms with Gasteiger partial charge in [-0.05, 0) is 38.0 Å². The first-order valence-corrected chi connectivity index (χ1v) is 7.86. The van der Waals surface area contributed by atoms with Gasteiger partial charge in [0, 0.05) is 23.9 Å². The van der Waals surface area contributed by atoms with Crippen molar-refractivity contribution in [3.8, 4) is 0 Å². The Labute approximate surface area is 133 Å². The largest absolute Gasteiger partial charge is 0.356 e. The zero-order valence-electron chi connectivity index (χ0n) is 12.9. The lowest BCUT2D eigenvalue weighted by atomic mass is 10.1. The fraction of sp³-hybridized carbons (Fsp3) is 0.312. The van der Waals surface area contributed by atoms with Gasteiger partial charge >= 0.3 is 0 Å². The highest BCUT2D eigenvalue weighted by atomic mass is 32.1. The summed E-state index contributed by atoms with van der Waals surface area (Å²) in [4.78, 5) is 28.4. The number of hydrogen-bond acceptors (Lipinski definition) is 4. The van der Waals surface area contributed by atoms with Gasteiger partial charge in [0.25, 0.3) is 5.91 Å². The molecule has 6 heteroatoms. The Hall–Kier alpha value is -2.21. The van der Waals surface area contributed by atoms with Crippen molar-refractivity contribution in [1.82, 2.24) is 10.3 Å². The van der Waals surface area contributed by atoms with Crippen molar-refractivity contribution in [3.05, 3.63) is 46.0 Å². The first-order valence-electron chi connectivity index (χ1n) is 7.04. The number of aromatic nitrogens is 1. The maximum atomic E-state index is 12.1. The van der Waals surface area contributed by atoms with Crippen molar-refractivity contribution in [2.45, 2.75) is 27.2 Å². The van der Waals surface area contributed by atoms with Crippen molar-refractivity contribution in [3.63, 3.8) is 0 Å². The van der Waals surface area contributed by atoms with Crippen molar-refractivity contribution in [1.29, 1.82) is 0 Å². The minimum absolute atomic E-state index is 0.0370. The molecule has 2 amide bonds. The van der Waals surface area contributed by atoms with Crippen LogP contribution in [0.4, 0.5) is 5.13 Å². The summed E-state index contributed by atoms with van der Waals surface area (Å²) >= 11 is 1.47. The Morgan fingerprint density at radius 3 is 2.41 bits per heavy atom. The van der Waals surface area contributed by atoms with Crippen LogP contribution in [0, 0.1) is 13.8 Å². The number of carbonyl (C=O) groups is 2. The van der Waals surface area contributed by atoms with Gasteiger partial charge in [-0.25, -0.2) is 4.98 Å². The molecule has 0 aliphatic heterocycles. The maximum absolute atomic E-state index is 12.1. The molecule has 1 heterocycles. The van der Waals surface area contributed by atoms with Crippen molar-refractivity contribution in [2.24, 2.45) is 0 Å². The number of anilines is 1. The number of aryl methyl sites for hydroxylation is 2. The Kier molecular flexibility index (Phi) is 5.27. The van der Waals surface area contributed by atoms with Crippen LogP contribution >= 0.6 is 11.3 Å². The average Bonchev–Trinajstić information content (AvgIpc) is 2.77. The number of nitrogens with zero attached hydrogens (tertiary/aromatic N) is 1. The zero-order valence-corrected chi connectivity index (χ0v) is 13.7. The minimum Gasteiger partial charge on any atom is -0.356 e. The molecular formula is C16H19N3O2S. The second-order valence-corrected chi connectivity index (χ2v) is 6.25. The summed E-state index contributed by atoms with van der Waals surface area (Å²) in [7, 11) is 0. The Morgan fingerprint density at radius 1 is 1.18 bits per heavy atom. The third-order valence-corrected chi connectivity index (χ3v) is 4.24. The third kappa shape index (κ3) is 4.39. The van der Waals surface area contributed by atoms with Gasteiger partial charge in [0.15, 0.2) is 5.13 Å². The molecule has 0 unspecified atom stereocenters.